The van der Waals surface area contributed by atoms with Gasteiger partial charge in [0.25, 0.3) is 0 Å². The van der Waals surface area contributed by atoms with E-state index in [0.29, 0.717) is 19.3 Å². The van der Waals surface area contributed by atoms with E-state index in [1.54, 1.807) is 0 Å². The molecule has 63 heavy (non-hydrogen) atoms. The molecule has 6 nitrogen and oxygen atoms in total. The first-order valence-corrected chi connectivity index (χ1v) is 27.1. The SMILES string of the molecule is CC/C=C\C/C=C\CCCCCCCC(=O)OCC(COC(=O)CCCCCCC/C=C\CCCCCCCCCCC)OC(=O)CCCCCCCCC/C=C\CCCCCC. The second-order valence-corrected chi connectivity index (χ2v) is 18.1. The van der Waals surface area contributed by atoms with E-state index in [1.807, 2.05) is 0 Å². The van der Waals surface area contributed by atoms with Crippen LogP contribution < -0.4 is 0 Å². The molecule has 0 saturated carbocycles. The topological polar surface area (TPSA) is 78.9 Å². The number of ether oxygens (including phenoxy) is 3. The highest BCUT2D eigenvalue weighted by Gasteiger charge is 2.19. The molecule has 0 rings (SSSR count). The first-order chi connectivity index (χ1) is 31.0. The normalized spacial score (nSPS) is 12.4. The molecule has 0 amide bonds. The van der Waals surface area contributed by atoms with Crippen LogP contribution in [0.2, 0.25) is 0 Å². The highest BCUT2D eigenvalue weighted by Crippen LogP contribution is 2.15. The molecule has 0 aliphatic carbocycles. The number of hydrogen-bond acceptors (Lipinski definition) is 6. The molecule has 0 aromatic heterocycles. The lowest BCUT2D eigenvalue weighted by Crippen LogP contribution is -2.30. The van der Waals surface area contributed by atoms with Crippen LogP contribution in [0.25, 0.3) is 0 Å². The molecule has 0 fully saturated rings. The number of allylic oxidation sites excluding steroid dienone is 8. The second kappa shape index (κ2) is 52.0. The maximum absolute atomic E-state index is 12.8. The van der Waals surface area contributed by atoms with Gasteiger partial charge in [-0.15, -0.1) is 0 Å². The van der Waals surface area contributed by atoms with Gasteiger partial charge >= 0.3 is 17.9 Å². The Kier molecular flexibility index (Phi) is 49.8. The lowest BCUT2D eigenvalue weighted by atomic mass is 10.1. The van der Waals surface area contributed by atoms with Gasteiger partial charge in [-0.2, -0.15) is 0 Å². The molecule has 1 unspecified atom stereocenters. The van der Waals surface area contributed by atoms with Gasteiger partial charge in [0.05, 0.1) is 0 Å². The third kappa shape index (κ3) is 50.2. The Balaban J connectivity index is 4.36. The van der Waals surface area contributed by atoms with Gasteiger partial charge in [0, 0.05) is 19.3 Å². The van der Waals surface area contributed by atoms with Gasteiger partial charge in [0.2, 0.25) is 0 Å². The Morgan fingerprint density at radius 3 is 0.984 bits per heavy atom. The fourth-order valence-corrected chi connectivity index (χ4v) is 7.70. The molecule has 0 bridgehead atoms. The minimum absolute atomic E-state index is 0.0827. The molecular formula is C57H102O6. The van der Waals surface area contributed by atoms with E-state index in [2.05, 4.69) is 69.4 Å². The van der Waals surface area contributed by atoms with Gasteiger partial charge in [0.1, 0.15) is 13.2 Å². The Labute approximate surface area is 390 Å². The van der Waals surface area contributed by atoms with Crippen molar-refractivity contribution in [2.75, 3.05) is 13.2 Å². The average Bonchev–Trinajstić information content (AvgIpc) is 3.28. The van der Waals surface area contributed by atoms with Crippen LogP contribution in [-0.4, -0.2) is 37.2 Å². The van der Waals surface area contributed by atoms with Crippen LogP contribution in [0.1, 0.15) is 278 Å². The largest absolute Gasteiger partial charge is 0.462 e. The Hall–Kier alpha value is -2.63. The van der Waals surface area contributed by atoms with Crippen LogP contribution in [0.3, 0.4) is 0 Å². The van der Waals surface area contributed by atoms with Gasteiger partial charge in [0.15, 0.2) is 6.10 Å². The van der Waals surface area contributed by atoms with Gasteiger partial charge in [-0.3, -0.25) is 14.4 Å². The summed E-state index contributed by atoms with van der Waals surface area (Å²) in [5.74, 6) is -0.901. The van der Waals surface area contributed by atoms with Crippen molar-refractivity contribution in [2.45, 2.75) is 284 Å². The molecule has 0 aromatic rings. The number of esters is 3. The molecule has 0 N–H and O–H groups in total. The van der Waals surface area contributed by atoms with Crippen molar-refractivity contribution in [3.05, 3.63) is 48.6 Å². The van der Waals surface area contributed by atoms with Crippen LogP contribution >= 0.6 is 0 Å². The highest BCUT2D eigenvalue weighted by molar-refractivity contribution is 5.71. The standard InChI is InChI=1S/C57H102O6/c1-4-7-10-13-16-19-22-25-27-28-29-31-32-35-38-41-44-47-50-56(59)62-53-54(52-61-55(58)49-46-43-40-37-34-24-21-18-15-12-9-6-3)63-57(60)51-48-45-42-39-36-33-30-26-23-20-17-14-11-8-5-2/h9,12,18,20-21,23,29,31,54H,4-8,10-11,13-17,19,22,24-28,30,32-53H2,1-3H3/b12-9-,21-18-,23-20-,31-29-. The number of hydrogen-bond donors (Lipinski definition) is 0. The van der Waals surface area contributed by atoms with Crippen molar-refractivity contribution < 1.29 is 28.6 Å². The van der Waals surface area contributed by atoms with Crippen LogP contribution in [-0.2, 0) is 28.6 Å². The van der Waals surface area contributed by atoms with Gasteiger partial charge in [-0.25, -0.2) is 0 Å². The maximum atomic E-state index is 12.8. The van der Waals surface area contributed by atoms with E-state index >= 15 is 0 Å². The monoisotopic (exact) mass is 883 g/mol. The summed E-state index contributed by atoms with van der Waals surface area (Å²) in [5, 5.41) is 0. The number of carbonyl (C=O) groups is 3. The van der Waals surface area contributed by atoms with Crippen molar-refractivity contribution in [1.29, 1.82) is 0 Å². The van der Waals surface area contributed by atoms with Crippen LogP contribution in [0.4, 0.5) is 0 Å². The molecule has 0 spiro atoms. The number of carbonyl (C=O) groups excluding carboxylic acids is 3. The lowest BCUT2D eigenvalue weighted by molar-refractivity contribution is -0.167. The molecule has 0 radical (unpaired) electrons. The summed E-state index contributed by atoms with van der Waals surface area (Å²) >= 11 is 0. The Bertz CT molecular complexity index is 1110. The van der Waals surface area contributed by atoms with Crippen LogP contribution in [0.15, 0.2) is 48.6 Å². The van der Waals surface area contributed by atoms with Gasteiger partial charge in [-0.05, 0) is 96.3 Å². The van der Waals surface area contributed by atoms with E-state index < -0.39 is 6.10 Å². The molecule has 0 saturated heterocycles. The minimum Gasteiger partial charge on any atom is -0.462 e. The van der Waals surface area contributed by atoms with E-state index in [-0.39, 0.29) is 31.1 Å². The molecule has 0 aliphatic rings. The predicted octanol–water partition coefficient (Wildman–Crippen LogP) is 17.9. The molecular weight excluding hydrogens is 781 g/mol. The minimum atomic E-state index is -0.783. The quantitative estimate of drug-likeness (QED) is 0.0262. The molecule has 0 aliphatic heterocycles. The van der Waals surface area contributed by atoms with Crippen molar-refractivity contribution in [3.8, 4) is 0 Å². The third-order valence-electron chi connectivity index (χ3n) is 11.8. The van der Waals surface area contributed by atoms with Crippen molar-refractivity contribution in [3.63, 3.8) is 0 Å². The average molecular weight is 883 g/mol. The summed E-state index contributed by atoms with van der Waals surface area (Å²) in [6, 6.07) is 0. The second-order valence-electron chi connectivity index (χ2n) is 18.1. The highest BCUT2D eigenvalue weighted by atomic mass is 16.6. The molecule has 6 heteroatoms. The summed E-state index contributed by atoms with van der Waals surface area (Å²) in [5.41, 5.74) is 0. The molecule has 366 valence electrons. The van der Waals surface area contributed by atoms with Crippen molar-refractivity contribution in [2.24, 2.45) is 0 Å². The Morgan fingerprint density at radius 2 is 0.619 bits per heavy atom. The van der Waals surface area contributed by atoms with E-state index in [1.165, 1.54) is 148 Å². The summed E-state index contributed by atoms with van der Waals surface area (Å²) in [6.45, 7) is 6.51. The number of unbranched alkanes of at least 4 members (excludes halogenated alkanes) is 30. The first-order valence-electron chi connectivity index (χ1n) is 27.1. The molecule has 0 aromatic carbocycles. The Morgan fingerprint density at radius 1 is 0.333 bits per heavy atom. The van der Waals surface area contributed by atoms with E-state index in [0.717, 1.165) is 89.9 Å². The summed E-state index contributed by atoms with van der Waals surface area (Å²) in [6.07, 6.45) is 62.4. The molecule has 0 heterocycles. The maximum Gasteiger partial charge on any atom is 0.306 e. The fourth-order valence-electron chi connectivity index (χ4n) is 7.70. The third-order valence-corrected chi connectivity index (χ3v) is 11.8. The molecule has 1 atom stereocenters. The smallest absolute Gasteiger partial charge is 0.306 e. The van der Waals surface area contributed by atoms with E-state index in [9.17, 15) is 14.4 Å². The zero-order valence-electron chi connectivity index (χ0n) is 41.8. The number of rotatable bonds is 49. The first kappa shape index (κ1) is 60.4. The lowest BCUT2D eigenvalue weighted by Gasteiger charge is -2.18. The van der Waals surface area contributed by atoms with Gasteiger partial charge in [-0.1, -0.05) is 211 Å². The summed E-state index contributed by atoms with van der Waals surface area (Å²) in [4.78, 5) is 38.0. The summed E-state index contributed by atoms with van der Waals surface area (Å²) in [7, 11) is 0. The van der Waals surface area contributed by atoms with E-state index in [4.69, 9.17) is 14.2 Å². The zero-order chi connectivity index (χ0) is 45.8. The van der Waals surface area contributed by atoms with Crippen molar-refractivity contribution >= 4 is 17.9 Å². The van der Waals surface area contributed by atoms with Crippen LogP contribution in [0, 0.1) is 0 Å². The van der Waals surface area contributed by atoms with Gasteiger partial charge < -0.3 is 14.2 Å². The zero-order valence-corrected chi connectivity index (χ0v) is 41.8. The van der Waals surface area contributed by atoms with Crippen molar-refractivity contribution in [1.82, 2.24) is 0 Å². The predicted molar refractivity (Wildman–Crippen MR) is 270 cm³/mol. The summed E-state index contributed by atoms with van der Waals surface area (Å²) < 4.78 is 16.8. The fraction of sp³-hybridized carbons (Fsp3) is 0.807. The van der Waals surface area contributed by atoms with Crippen LogP contribution in [0.5, 0.6) is 0 Å².